The number of fused-ring (bicyclic) bond motifs is 1. The molecule has 0 atom stereocenters. The molecule has 118 valence electrons. The number of likely N-dealkylation sites (N-methyl/N-ethyl adjacent to an activating group) is 1. The lowest BCUT2D eigenvalue weighted by Gasteiger charge is -2.06. The molecule has 7 heteroatoms. The Morgan fingerprint density at radius 1 is 1.17 bits per heavy atom. The van der Waals surface area contributed by atoms with Crippen LogP contribution in [0.2, 0.25) is 0 Å². The fourth-order valence-electron chi connectivity index (χ4n) is 2.36. The number of hydrogen-bond donors (Lipinski definition) is 1. The van der Waals surface area contributed by atoms with Crippen molar-refractivity contribution in [3.05, 3.63) is 54.4 Å². The number of aromatic nitrogens is 1. The summed E-state index contributed by atoms with van der Waals surface area (Å²) in [5.41, 5.74) is 1.97. The molecule has 0 spiro atoms. The van der Waals surface area contributed by atoms with E-state index in [0.29, 0.717) is 17.1 Å². The lowest BCUT2D eigenvalue weighted by molar-refractivity contribution is -0.112. The molecule has 0 radical (unpaired) electrons. The predicted octanol–water partition coefficient (Wildman–Crippen LogP) is 1.91. The molecule has 1 aromatic carbocycles. The van der Waals surface area contributed by atoms with Gasteiger partial charge in [-0.2, -0.15) is 0 Å². The Kier molecular flexibility index (Phi) is 3.65. The van der Waals surface area contributed by atoms with Gasteiger partial charge in [-0.15, -0.1) is 0 Å². The molecule has 1 aromatic heterocycles. The van der Waals surface area contributed by atoms with Crippen molar-refractivity contribution in [1.82, 2.24) is 4.98 Å². The smallest absolute Gasteiger partial charge is 0.261 e. The number of nitrogens with zero attached hydrogens (tertiary/aromatic N) is 2. The highest BCUT2D eigenvalue weighted by atomic mass is 32.2. The van der Waals surface area contributed by atoms with E-state index in [9.17, 15) is 13.2 Å². The lowest BCUT2D eigenvalue weighted by Crippen LogP contribution is -2.21. The fraction of sp³-hybridized carbons (Fsp3) is 0.125. The zero-order valence-electron chi connectivity index (χ0n) is 12.6. The summed E-state index contributed by atoms with van der Waals surface area (Å²) in [6.07, 6.45) is 4.42. The largest absolute Gasteiger partial charge is 0.361 e. The first kappa shape index (κ1) is 15.2. The van der Waals surface area contributed by atoms with Gasteiger partial charge < -0.3 is 5.32 Å². The number of sulfone groups is 1. The number of benzene rings is 1. The molecular formula is C16H15N3O3S. The molecule has 0 saturated carbocycles. The van der Waals surface area contributed by atoms with Crippen LogP contribution < -0.4 is 10.2 Å². The average Bonchev–Trinajstić information content (AvgIpc) is 2.77. The van der Waals surface area contributed by atoms with Crippen molar-refractivity contribution in [2.24, 2.45) is 0 Å². The van der Waals surface area contributed by atoms with E-state index in [1.807, 2.05) is 6.07 Å². The van der Waals surface area contributed by atoms with Crippen molar-refractivity contribution in [2.75, 3.05) is 23.5 Å². The topological polar surface area (TPSA) is 79.4 Å². The summed E-state index contributed by atoms with van der Waals surface area (Å²) in [4.78, 5) is 18.2. The molecule has 1 aliphatic heterocycles. The molecule has 1 amide bonds. The lowest BCUT2D eigenvalue weighted by atomic mass is 10.1. The van der Waals surface area contributed by atoms with Gasteiger partial charge in [0.1, 0.15) is 5.82 Å². The number of carbonyl (C=O) groups excluding carboxylic acids is 1. The van der Waals surface area contributed by atoms with Crippen LogP contribution in [-0.4, -0.2) is 32.6 Å². The van der Waals surface area contributed by atoms with Crippen LogP contribution in [0.15, 0.2) is 53.7 Å². The van der Waals surface area contributed by atoms with Crippen LogP contribution in [0.1, 0.15) is 5.56 Å². The van der Waals surface area contributed by atoms with Gasteiger partial charge >= 0.3 is 0 Å². The second-order valence-electron chi connectivity index (χ2n) is 5.24. The Morgan fingerprint density at radius 2 is 1.87 bits per heavy atom. The number of anilines is 2. The van der Waals surface area contributed by atoms with E-state index in [-0.39, 0.29) is 10.8 Å². The van der Waals surface area contributed by atoms with Crippen molar-refractivity contribution < 1.29 is 13.2 Å². The minimum Gasteiger partial charge on any atom is -0.361 e. The van der Waals surface area contributed by atoms with E-state index < -0.39 is 9.84 Å². The van der Waals surface area contributed by atoms with E-state index >= 15 is 0 Å². The highest BCUT2D eigenvalue weighted by Gasteiger charge is 2.30. The first-order valence-corrected chi connectivity index (χ1v) is 8.77. The van der Waals surface area contributed by atoms with Gasteiger partial charge in [0.2, 0.25) is 0 Å². The molecule has 0 saturated heterocycles. The normalized spacial score (nSPS) is 15.8. The molecule has 0 fully saturated rings. The van der Waals surface area contributed by atoms with Crippen molar-refractivity contribution in [2.45, 2.75) is 4.90 Å². The quantitative estimate of drug-likeness (QED) is 0.870. The monoisotopic (exact) mass is 329 g/mol. The number of carbonyl (C=O) groups is 1. The highest BCUT2D eigenvalue weighted by molar-refractivity contribution is 7.90. The minimum atomic E-state index is -3.22. The van der Waals surface area contributed by atoms with Gasteiger partial charge in [0, 0.05) is 37.0 Å². The van der Waals surface area contributed by atoms with Crippen LogP contribution in [0.3, 0.4) is 0 Å². The van der Waals surface area contributed by atoms with Crippen molar-refractivity contribution in [3.63, 3.8) is 0 Å². The van der Waals surface area contributed by atoms with Crippen molar-refractivity contribution in [3.8, 4) is 0 Å². The van der Waals surface area contributed by atoms with Gasteiger partial charge in [0.25, 0.3) is 5.91 Å². The SMILES string of the molecule is CN1C(=O)/C(=C\Nc2ccc(S(C)(=O)=O)cc2)c2cccnc21. The van der Waals surface area contributed by atoms with E-state index in [1.54, 1.807) is 37.6 Å². The maximum atomic E-state index is 12.3. The summed E-state index contributed by atoms with van der Waals surface area (Å²) in [5, 5.41) is 3.02. The summed E-state index contributed by atoms with van der Waals surface area (Å²) in [6.45, 7) is 0. The maximum Gasteiger partial charge on any atom is 0.261 e. The third-order valence-electron chi connectivity index (χ3n) is 3.60. The Labute approximate surface area is 134 Å². The average molecular weight is 329 g/mol. The summed E-state index contributed by atoms with van der Waals surface area (Å²) in [5.74, 6) is 0.483. The molecule has 0 bridgehead atoms. The molecular weight excluding hydrogens is 314 g/mol. The van der Waals surface area contributed by atoms with Crippen LogP contribution in [0, 0.1) is 0 Å². The zero-order valence-corrected chi connectivity index (χ0v) is 13.5. The van der Waals surface area contributed by atoms with E-state index in [2.05, 4.69) is 10.3 Å². The fourth-order valence-corrected chi connectivity index (χ4v) is 2.99. The van der Waals surface area contributed by atoms with Crippen LogP contribution in [0.5, 0.6) is 0 Å². The summed E-state index contributed by atoms with van der Waals surface area (Å²) in [7, 11) is -1.54. The number of rotatable bonds is 3. The first-order chi connectivity index (χ1) is 10.9. The van der Waals surface area contributed by atoms with Gasteiger partial charge in [-0.05, 0) is 36.4 Å². The van der Waals surface area contributed by atoms with Crippen molar-refractivity contribution in [1.29, 1.82) is 0 Å². The second kappa shape index (κ2) is 5.51. The molecule has 6 nitrogen and oxygen atoms in total. The Balaban J connectivity index is 1.87. The third-order valence-corrected chi connectivity index (χ3v) is 4.72. The molecule has 1 N–H and O–H groups in total. The van der Waals surface area contributed by atoms with Gasteiger partial charge in [-0.1, -0.05) is 0 Å². The van der Waals surface area contributed by atoms with E-state index in [4.69, 9.17) is 0 Å². The predicted molar refractivity (Wildman–Crippen MR) is 88.8 cm³/mol. The molecule has 3 rings (SSSR count). The number of hydrogen-bond acceptors (Lipinski definition) is 5. The number of amides is 1. The van der Waals surface area contributed by atoms with Gasteiger partial charge in [-0.25, -0.2) is 13.4 Å². The molecule has 0 unspecified atom stereocenters. The standard InChI is InChI=1S/C16H15N3O3S/c1-19-15-13(4-3-9-17-15)14(16(19)20)10-18-11-5-7-12(8-6-11)23(2,21)22/h3-10,18H,1-2H3/b14-10-. The zero-order chi connectivity index (χ0) is 16.6. The Hall–Kier alpha value is -2.67. The minimum absolute atomic E-state index is 0.140. The van der Waals surface area contributed by atoms with Crippen molar-refractivity contribution >= 4 is 32.8 Å². The summed E-state index contributed by atoms with van der Waals surface area (Å²) >= 11 is 0. The van der Waals surface area contributed by atoms with E-state index in [0.717, 1.165) is 11.8 Å². The van der Waals surface area contributed by atoms with Gasteiger partial charge in [0.05, 0.1) is 10.5 Å². The molecule has 2 heterocycles. The summed E-state index contributed by atoms with van der Waals surface area (Å²) < 4.78 is 22.9. The maximum absolute atomic E-state index is 12.3. The Morgan fingerprint density at radius 3 is 2.52 bits per heavy atom. The molecule has 0 aliphatic carbocycles. The second-order valence-corrected chi connectivity index (χ2v) is 7.25. The van der Waals surface area contributed by atoms with Crippen LogP contribution in [0.4, 0.5) is 11.5 Å². The third kappa shape index (κ3) is 2.83. The van der Waals surface area contributed by atoms with Gasteiger partial charge in [0.15, 0.2) is 9.84 Å². The number of pyridine rings is 1. The Bertz CT molecular complexity index is 902. The van der Waals surface area contributed by atoms with Crippen LogP contribution in [-0.2, 0) is 14.6 Å². The highest BCUT2D eigenvalue weighted by Crippen LogP contribution is 2.33. The van der Waals surface area contributed by atoms with Crippen LogP contribution >= 0.6 is 0 Å². The molecule has 1 aliphatic rings. The van der Waals surface area contributed by atoms with Crippen LogP contribution in [0.25, 0.3) is 5.57 Å². The molecule has 23 heavy (non-hydrogen) atoms. The van der Waals surface area contributed by atoms with E-state index in [1.165, 1.54) is 17.0 Å². The van der Waals surface area contributed by atoms with Gasteiger partial charge in [-0.3, -0.25) is 9.69 Å². The molecule has 2 aromatic rings. The first-order valence-electron chi connectivity index (χ1n) is 6.88. The summed E-state index contributed by atoms with van der Waals surface area (Å²) in [6, 6.07) is 9.97. The number of nitrogens with one attached hydrogen (secondary N) is 1.